The quantitative estimate of drug-likeness (QED) is 0.144. The molecule has 8 aromatic carbocycles. The van der Waals surface area contributed by atoms with Crippen molar-refractivity contribution in [1.82, 2.24) is 0 Å². The van der Waals surface area contributed by atoms with Crippen LogP contribution in [0.25, 0.3) is 54.6 Å². The summed E-state index contributed by atoms with van der Waals surface area (Å²) in [6.45, 7) is 0. The Kier molecular flexibility index (Phi) is 6.56. The predicted molar refractivity (Wildman–Crippen MR) is 189 cm³/mol. The van der Waals surface area contributed by atoms with Crippen molar-refractivity contribution >= 4 is 56.2 Å². The van der Waals surface area contributed by atoms with Crippen LogP contribution < -0.4 is 15.9 Å². The normalized spacial score (nSPS) is 11.5. The highest BCUT2D eigenvalue weighted by Crippen LogP contribution is 2.38. The second kappa shape index (κ2) is 11.0. The van der Waals surface area contributed by atoms with Gasteiger partial charge in [0, 0.05) is 0 Å². The van der Waals surface area contributed by atoms with Gasteiger partial charge in [-0.25, -0.2) is 0 Å². The SMILES string of the molecule is c1ccc(P(c2ccccc2)c2ccc(-c3ccc(-c4ccc5c6ccccc6c6ccccc6c5c4)cc3)cc2)cc1. The molecule has 0 bridgehead atoms. The van der Waals surface area contributed by atoms with Crippen LogP contribution in [0, 0.1) is 0 Å². The third-order valence-electron chi connectivity index (χ3n) is 8.45. The molecule has 0 nitrogen and oxygen atoms in total. The third kappa shape index (κ3) is 4.71. The van der Waals surface area contributed by atoms with E-state index in [1.807, 2.05) is 0 Å². The van der Waals surface area contributed by atoms with E-state index >= 15 is 0 Å². The van der Waals surface area contributed by atoms with Gasteiger partial charge in [-0.2, -0.15) is 0 Å². The average Bonchev–Trinajstić information content (AvgIpc) is 3.10. The van der Waals surface area contributed by atoms with E-state index in [0.29, 0.717) is 0 Å². The maximum atomic E-state index is 2.36. The molecule has 0 heterocycles. The fourth-order valence-electron chi connectivity index (χ4n) is 6.35. The summed E-state index contributed by atoms with van der Waals surface area (Å²) in [5, 5.41) is 12.0. The third-order valence-corrected chi connectivity index (χ3v) is 10.9. The van der Waals surface area contributed by atoms with E-state index in [4.69, 9.17) is 0 Å². The zero-order valence-corrected chi connectivity index (χ0v) is 24.6. The number of hydrogen-bond acceptors (Lipinski definition) is 0. The molecule has 0 aliphatic heterocycles. The molecule has 0 aromatic heterocycles. The Morgan fingerprint density at radius 2 is 0.558 bits per heavy atom. The lowest BCUT2D eigenvalue weighted by Crippen LogP contribution is -2.20. The molecule has 43 heavy (non-hydrogen) atoms. The van der Waals surface area contributed by atoms with Crippen LogP contribution in [0.4, 0.5) is 0 Å². The highest BCUT2D eigenvalue weighted by atomic mass is 31.1. The molecule has 0 radical (unpaired) electrons. The highest BCUT2D eigenvalue weighted by Gasteiger charge is 2.16. The first-order valence-electron chi connectivity index (χ1n) is 14.8. The van der Waals surface area contributed by atoms with Gasteiger partial charge in [0.15, 0.2) is 0 Å². The van der Waals surface area contributed by atoms with E-state index in [0.717, 1.165) is 0 Å². The molecule has 8 aromatic rings. The summed E-state index contributed by atoms with van der Waals surface area (Å²) >= 11 is 0. The van der Waals surface area contributed by atoms with Crippen molar-refractivity contribution in [2.75, 3.05) is 0 Å². The van der Waals surface area contributed by atoms with Crippen LogP contribution >= 0.6 is 7.92 Å². The van der Waals surface area contributed by atoms with Crippen LogP contribution in [0.2, 0.25) is 0 Å². The first-order chi connectivity index (χ1) is 21.3. The molecule has 0 saturated heterocycles. The molecular formula is C42H29P. The maximum absolute atomic E-state index is 2.36. The van der Waals surface area contributed by atoms with Crippen LogP contribution in [0.5, 0.6) is 0 Å². The average molecular weight is 565 g/mol. The Morgan fingerprint density at radius 1 is 0.233 bits per heavy atom. The van der Waals surface area contributed by atoms with Gasteiger partial charge in [-0.15, -0.1) is 0 Å². The molecule has 0 saturated carbocycles. The van der Waals surface area contributed by atoms with Crippen LogP contribution in [-0.4, -0.2) is 0 Å². The molecule has 8 rings (SSSR count). The topological polar surface area (TPSA) is 0 Å². The molecular weight excluding hydrogens is 535 g/mol. The van der Waals surface area contributed by atoms with E-state index < -0.39 is 7.92 Å². The van der Waals surface area contributed by atoms with Gasteiger partial charge in [0.1, 0.15) is 0 Å². The number of benzene rings is 8. The molecule has 202 valence electrons. The van der Waals surface area contributed by atoms with E-state index in [1.54, 1.807) is 0 Å². The summed E-state index contributed by atoms with van der Waals surface area (Å²) in [5.41, 5.74) is 4.95. The van der Waals surface area contributed by atoms with Crippen molar-refractivity contribution in [2.45, 2.75) is 0 Å². The Bertz CT molecular complexity index is 2120. The summed E-state index contributed by atoms with van der Waals surface area (Å²) in [7, 11) is -0.602. The van der Waals surface area contributed by atoms with Crippen molar-refractivity contribution in [1.29, 1.82) is 0 Å². The number of rotatable bonds is 5. The molecule has 1 heteroatoms. The number of fused-ring (bicyclic) bond motifs is 6. The fourth-order valence-corrected chi connectivity index (χ4v) is 8.63. The van der Waals surface area contributed by atoms with Crippen molar-refractivity contribution < 1.29 is 0 Å². The van der Waals surface area contributed by atoms with Crippen LogP contribution in [0.15, 0.2) is 176 Å². The molecule has 0 unspecified atom stereocenters. The van der Waals surface area contributed by atoms with Crippen molar-refractivity contribution in [3.8, 4) is 22.3 Å². The summed E-state index contributed by atoms with van der Waals surface area (Å²) in [5.74, 6) is 0. The molecule has 0 atom stereocenters. The van der Waals surface area contributed by atoms with Gasteiger partial charge in [0.05, 0.1) is 0 Å². The van der Waals surface area contributed by atoms with E-state index in [9.17, 15) is 0 Å². The molecule has 0 fully saturated rings. The molecule has 0 aliphatic carbocycles. The van der Waals surface area contributed by atoms with Gasteiger partial charge in [0.25, 0.3) is 0 Å². The Labute approximate surface area is 253 Å². The fraction of sp³-hybridized carbons (Fsp3) is 0. The molecule has 0 aliphatic rings. The lowest BCUT2D eigenvalue weighted by molar-refractivity contribution is 1.61. The van der Waals surface area contributed by atoms with Crippen molar-refractivity contribution in [3.05, 3.63) is 176 Å². The second-order valence-corrected chi connectivity index (χ2v) is 13.2. The Morgan fingerprint density at radius 3 is 1.05 bits per heavy atom. The Hall–Kier alpha value is -5.03. The zero-order valence-electron chi connectivity index (χ0n) is 23.7. The smallest absolute Gasteiger partial charge is 0.00928 e. The minimum absolute atomic E-state index is 0.602. The summed E-state index contributed by atoms with van der Waals surface area (Å²) in [4.78, 5) is 0. The maximum Gasteiger partial charge on any atom is -0.00928 e. The van der Waals surface area contributed by atoms with Gasteiger partial charge in [0.2, 0.25) is 0 Å². The lowest BCUT2D eigenvalue weighted by atomic mass is 9.92. The van der Waals surface area contributed by atoms with Crippen LogP contribution in [-0.2, 0) is 0 Å². The van der Waals surface area contributed by atoms with E-state index in [-0.39, 0.29) is 0 Å². The van der Waals surface area contributed by atoms with Crippen LogP contribution in [0.1, 0.15) is 0 Å². The molecule has 0 N–H and O–H groups in total. The largest absolute Gasteiger partial charge is 0.0622 e. The van der Waals surface area contributed by atoms with Gasteiger partial charge in [-0.05, 0) is 84.5 Å². The van der Waals surface area contributed by atoms with Crippen LogP contribution in [0.3, 0.4) is 0 Å². The van der Waals surface area contributed by atoms with E-state index in [1.165, 1.54) is 70.5 Å². The molecule has 0 amide bonds. The van der Waals surface area contributed by atoms with E-state index in [2.05, 4.69) is 176 Å². The van der Waals surface area contributed by atoms with Crippen molar-refractivity contribution in [2.24, 2.45) is 0 Å². The van der Waals surface area contributed by atoms with Gasteiger partial charge in [-0.1, -0.05) is 170 Å². The minimum Gasteiger partial charge on any atom is -0.0622 e. The minimum atomic E-state index is -0.602. The lowest BCUT2D eigenvalue weighted by Gasteiger charge is -2.19. The van der Waals surface area contributed by atoms with Gasteiger partial charge in [-0.3, -0.25) is 0 Å². The van der Waals surface area contributed by atoms with Gasteiger partial charge < -0.3 is 0 Å². The standard InChI is InChI=1S/C42H29P/c1-3-11-34(12-4-1)43(35-13-5-2-6-14-35)36-26-23-31(24-27-36)30-19-21-32(22-20-30)33-25-28-41-39-17-8-7-15-37(39)38-16-9-10-18-40(38)42(41)29-33/h1-29H. The summed E-state index contributed by atoms with van der Waals surface area (Å²) < 4.78 is 0. The highest BCUT2D eigenvalue weighted by molar-refractivity contribution is 7.79. The van der Waals surface area contributed by atoms with Crippen molar-refractivity contribution in [3.63, 3.8) is 0 Å². The van der Waals surface area contributed by atoms with Gasteiger partial charge >= 0.3 is 0 Å². The summed E-state index contributed by atoms with van der Waals surface area (Å²) in [6.07, 6.45) is 0. The monoisotopic (exact) mass is 564 g/mol. The summed E-state index contributed by atoms with van der Waals surface area (Å²) in [6, 6.07) is 64.4. The number of hydrogen-bond donors (Lipinski definition) is 0. The Balaban J connectivity index is 1.13. The molecule has 0 spiro atoms. The zero-order chi connectivity index (χ0) is 28.6. The predicted octanol–water partition coefficient (Wildman–Crippen LogP) is 10.2. The second-order valence-electron chi connectivity index (χ2n) is 11.0. The first-order valence-corrected chi connectivity index (χ1v) is 16.1. The first kappa shape index (κ1) is 25.7.